The Kier molecular flexibility index (Phi) is 6.82. The van der Waals surface area contributed by atoms with Crippen molar-refractivity contribution in [1.29, 1.82) is 0 Å². The smallest absolute Gasteiger partial charge is 0.193 e. The van der Waals surface area contributed by atoms with Crippen molar-refractivity contribution < 1.29 is 9.53 Å². The molecule has 0 aliphatic carbocycles. The van der Waals surface area contributed by atoms with Crippen LogP contribution in [0.25, 0.3) is 0 Å². The molecule has 1 aliphatic heterocycles. The molecule has 1 unspecified atom stereocenters. The van der Waals surface area contributed by atoms with Crippen molar-refractivity contribution in [3.63, 3.8) is 0 Å². The molecule has 1 heterocycles. The van der Waals surface area contributed by atoms with Gasteiger partial charge in [-0.3, -0.25) is 4.79 Å². The maximum atomic E-state index is 13.3. The Morgan fingerprint density at radius 3 is 2.54 bits per heavy atom. The van der Waals surface area contributed by atoms with Crippen LogP contribution in [0.3, 0.4) is 0 Å². The molecule has 0 amide bonds. The van der Waals surface area contributed by atoms with E-state index in [-0.39, 0.29) is 11.8 Å². The number of allylic oxidation sites excluding steroid dienone is 1. The van der Waals surface area contributed by atoms with Gasteiger partial charge in [0.25, 0.3) is 0 Å². The van der Waals surface area contributed by atoms with Gasteiger partial charge in [-0.15, -0.1) is 0 Å². The first-order valence-electron chi connectivity index (χ1n) is 9.71. The maximum absolute atomic E-state index is 13.3. The number of carbonyl (C=O) groups excluding carboxylic acids is 1. The quantitative estimate of drug-likeness (QED) is 0.378. The number of thiocarbonyl (C=S) groups is 1. The van der Waals surface area contributed by atoms with Crippen LogP contribution in [0.1, 0.15) is 55.1 Å². The number of hydrogen-bond acceptors (Lipinski definition) is 3. The number of Topliss-reactive ketones (excluding diaryl/α,β-unsaturated/α-hetero) is 1. The zero-order chi connectivity index (χ0) is 19.9. The number of rotatable bonds is 8. The number of benzene rings is 2. The van der Waals surface area contributed by atoms with E-state index in [0.29, 0.717) is 22.9 Å². The van der Waals surface area contributed by atoms with Gasteiger partial charge >= 0.3 is 0 Å². The molecule has 0 fully saturated rings. The Morgan fingerprint density at radius 2 is 1.79 bits per heavy atom. The fraction of sp³-hybridized carbons (Fsp3) is 0.304. The van der Waals surface area contributed by atoms with Crippen LogP contribution in [0.2, 0.25) is 0 Å². The zero-order valence-corrected chi connectivity index (χ0v) is 17.1. The second-order valence-electron chi connectivity index (χ2n) is 6.86. The molecule has 2 aromatic rings. The summed E-state index contributed by atoms with van der Waals surface area (Å²) in [6.45, 7) is 4.72. The monoisotopic (exact) mass is 394 g/mol. The van der Waals surface area contributed by atoms with Crippen LogP contribution in [0.5, 0.6) is 5.75 Å². The van der Waals surface area contributed by atoms with E-state index < -0.39 is 0 Å². The summed E-state index contributed by atoms with van der Waals surface area (Å²) in [6, 6.07) is 16.8. The molecule has 1 atom stereocenters. The largest absolute Gasteiger partial charge is 0.493 e. The highest BCUT2D eigenvalue weighted by Crippen LogP contribution is 2.34. The Hall–Kier alpha value is -2.66. The average Bonchev–Trinajstić information content (AvgIpc) is 2.71. The summed E-state index contributed by atoms with van der Waals surface area (Å²) in [5.41, 5.74) is 2.99. The number of carbonyl (C=O) groups is 1. The first-order chi connectivity index (χ1) is 13.6. The standard InChI is InChI=1S/C23H26N2O2S/c1-3-4-10-15-27-19-14-9-8-13-18(19)21-20(16(2)24-23(28)25-21)22(26)17-11-6-5-7-12-17/h5-9,11-14,21H,3-4,10,15H2,1-2H3,(H2,24,25,28). The number of hydrogen-bond donors (Lipinski definition) is 2. The lowest BCUT2D eigenvalue weighted by atomic mass is 9.89. The zero-order valence-electron chi connectivity index (χ0n) is 16.3. The third kappa shape index (κ3) is 4.60. The second kappa shape index (κ2) is 9.51. The van der Waals surface area contributed by atoms with E-state index in [4.69, 9.17) is 17.0 Å². The maximum Gasteiger partial charge on any atom is 0.193 e. The molecule has 146 valence electrons. The van der Waals surface area contributed by atoms with Gasteiger partial charge in [0.1, 0.15) is 5.75 Å². The minimum atomic E-state index is -0.358. The van der Waals surface area contributed by atoms with E-state index >= 15 is 0 Å². The van der Waals surface area contributed by atoms with Gasteiger partial charge in [0.15, 0.2) is 10.9 Å². The highest BCUT2D eigenvalue weighted by molar-refractivity contribution is 7.80. The molecular formula is C23H26N2O2S. The van der Waals surface area contributed by atoms with Crippen molar-refractivity contribution in [3.05, 3.63) is 77.0 Å². The van der Waals surface area contributed by atoms with Gasteiger partial charge in [-0.2, -0.15) is 0 Å². The van der Waals surface area contributed by atoms with Gasteiger partial charge < -0.3 is 15.4 Å². The second-order valence-corrected chi connectivity index (χ2v) is 7.27. The van der Waals surface area contributed by atoms with Crippen molar-refractivity contribution in [2.24, 2.45) is 0 Å². The Balaban J connectivity index is 1.96. The molecule has 4 nitrogen and oxygen atoms in total. The number of unbranched alkanes of at least 4 members (excludes halogenated alkanes) is 2. The number of ketones is 1. The van der Waals surface area contributed by atoms with Crippen LogP contribution in [0, 0.1) is 0 Å². The van der Waals surface area contributed by atoms with Crippen LogP contribution in [-0.4, -0.2) is 17.5 Å². The van der Waals surface area contributed by atoms with E-state index in [1.807, 2.05) is 61.5 Å². The Labute approximate surface area is 172 Å². The van der Waals surface area contributed by atoms with Gasteiger partial charge in [0.05, 0.1) is 12.6 Å². The molecule has 0 bridgehead atoms. The topological polar surface area (TPSA) is 50.4 Å². The molecule has 3 rings (SSSR count). The van der Waals surface area contributed by atoms with Gasteiger partial charge in [0.2, 0.25) is 0 Å². The third-order valence-electron chi connectivity index (χ3n) is 4.79. The van der Waals surface area contributed by atoms with Crippen molar-refractivity contribution in [2.75, 3.05) is 6.61 Å². The fourth-order valence-electron chi connectivity index (χ4n) is 3.36. The van der Waals surface area contributed by atoms with Crippen LogP contribution in [0.4, 0.5) is 0 Å². The minimum Gasteiger partial charge on any atom is -0.493 e. The first-order valence-corrected chi connectivity index (χ1v) is 10.1. The molecule has 0 radical (unpaired) electrons. The fourth-order valence-corrected chi connectivity index (χ4v) is 3.63. The van der Waals surface area contributed by atoms with E-state index in [0.717, 1.165) is 36.3 Å². The Bertz CT molecular complexity index is 877. The molecule has 2 aromatic carbocycles. The molecule has 0 aromatic heterocycles. The molecule has 2 N–H and O–H groups in total. The SMILES string of the molecule is CCCCCOc1ccccc1C1NC(=S)NC(C)=C1C(=O)c1ccccc1. The molecule has 28 heavy (non-hydrogen) atoms. The Morgan fingerprint density at radius 1 is 1.07 bits per heavy atom. The average molecular weight is 395 g/mol. The van der Waals surface area contributed by atoms with E-state index in [2.05, 4.69) is 17.6 Å². The van der Waals surface area contributed by atoms with Crippen molar-refractivity contribution >= 4 is 23.1 Å². The van der Waals surface area contributed by atoms with Crippen molar-refractivity contribution in [1.82, 2.24) is 10.6 Å². The van der Waals surface area contributed by atoms with Gasteiger partial charge in [-0.05, 0) is 31.6 Å². The highest BCUT2D eigenvalue weighted by Gasteiger charge is 2.32. The van der Waals surface area contributed by atoms with Crippen LogP contribution in [0.15, 0.2) is 65.9 Å². The van der Waals surface area contributed by atoms with Crippen molar-refractivity contribution in [2.45, 2.75) is 39.2 Å². The van der Waals surface area contributed by atoms with E-state index in [1.54, 1.807) is 0 Å². The minimum absolute atomic E-state index is 0.0219. The molecule has 0 spiro atoms. The summed E-state index contributed by atoms with van der Waals surface area (Å²) in [7, 11) is 0. The number of nitrogens with one attached hydrogen (secondary N) is 2. The van der Waals surface area contributed by atoms with Gasteiger partial charge in [0, 0.05) is 22.4 Å². The van der Waals surface area contributed by atoms with E-state index in [9.17, 15) is 4.79 Å². The lowest BCUT2D eigenvalue weighted by molar-refractivity contribution is 0.102. The summed E-state index contributed by atoms with van der Waals surface area (Å²) in [5.74, 6) is 0.762. The number of para-hydroxylation sites is 1. The van der Waals surface area contributed by atoms with Gasteiger partial charge in [-0.25, -0.2) is 0 Å². The predicted molar refractivity (Wildman–Crippen MR) is 117 cm³/mol. The van der Waals surface area contributed by atoms with Gasteiger partial charge in [-0.1, -0.05) is 68.3 Å². The van der Waals surface area contributed by atoms with Crippen LogP contribution < -0.4 is 15.4 Å². The third-order valence-corrected chi connectivity index (χ3v) is 5.01. The summed E-state index contributed by atoms with van der Waals surface area (Å²) < 4.78 is 6.06. The first kappa shape index (κ1) is 20.1. The molecule has 1 aliphatic rings. The lowest BCUT2D eigenvalue weighted by Crippen LogP contribution is -2.45. The molecule has 0 saturated heterocycles. The van der Waals surface area contributed by atoms with Crippen molar-refractivity contribution in [3.8, 4) is 5.75 Å². The molecular weight excluding hydrogens is 368 g/mol. The van der Waals surface area contributed by atoms with E-state index in [1.165, 1.54) is 0 Å². The highest BCUT2D eigenvalue weighted by atomic mass is 32.1. The summed E-state index contributed by atoms with van der Waals surface area (Å²) >= 11 is 5.37. The molecule has 5 heteroatoms. The predicted octanol–water partition coefficient (Wildman–Crippen LogP) is 4.93. The normalized spacial score (nSPS) is 16.4. The summed E-state index contributed by atoms with van der Waals surface area (Å²) in [4.78, 5) is 13.3. The summed E-state index contributed by atoms with van der Waals surface area (Å²) in [6.07, 6.45) is 3.29. The lowest BCUT2D eigenvalue weighted by Gasteiger charge is -2.31. The summed E-state index contributed by atoms with van der Waals surface area (Å²) in [5, 5.41) is 6.87. The number of ether oxygens (including phenoxy) is 1. The van der Waals surface area contributed by atoms with Crippen LogP contribution in [-0.2, 0) is 0 Å². The molecule has 0 saturated carbocycles. The van der Waals surface area contributed by atoms with Crippen LogP contribution >= 0.6 is 12.2 Å².